The zero-order valence-corrected chi connectivity index (χ0v) is 15.9. The minimum atomic E-state index is -0.941. The van der Waals surface area contributed by atoms with Crippen LogP contribution in [0.4, 0.5) is 11.4 Å². The van der Waals surface area contributed by atoms with Crippen LogP contribution >= 0.6 is 11.3 Å². The predicted molar refractivity (Wildman–Crippen MR) is 110 cm³/mol. The predicted octanol–water partition coefficient (Wildman–Crippen LogP) is 5.00. The summed E-state index contributed by atoms with van der Waals surface area (Å²) in [6, 6.07) is 17.0. The Balaban J connectivity index is 1.63. The van der Waals surface area contributed by atoms with Crippen molar-refractivity contribution in [3.8, 4) is 16.3 Å². The van der Waals surface area contributed by atoms with Crippen molar-refractivity contribution in [3.05, 3.63) is 92.5 Å². The van der Waals surface area contributed by atoms with Crippen LogP contribution in [0.2, 0.25) is 0 Å². The summed E-state index contributed by atoms with van der Waals surface area (Å²) in [6.07, 6.45) is 0. The zero-order chi connectivity index (χ0) is 21.3. The second kappa shape index (κ2) is 7.68. The number of thiazole rings is 1. The number of hydrogen-bond acceptors (Lipinski definition) is 8. The SMILES string of the molecule is O=C(Oc1cccc(-c2nc3ccccc3s2)c1)c1cc([N+](=O)[O-])cc([N+](=O)[O-])c1. The molecular weight excluding hydrogens is 410 g/mol. The molecule has 148 valence electrons. The molecule has 0 unspecified atom stereocenters. The second-order valence-electron chi connectivity index (χ2n) is 6.16. The Kier molecular flexibility index (Phi) is 4.90. The number of fused-ring (bicyclic) bond motifs is 1. The molecule has 0 fully saturated rings. The second-order valence-corrected chi connectivity index (χ2v) is 7.19. The summed E-state index contributed by atoms with van der Waals surface area (Å²) < 4.78 is 6.31. The number of para-hydroxylation sites is 1. The lowest BCUT2D eigenvalue weighted by molar-refractivity contribution is -0.394. The van der Waals surface area contributed by atoms with Crippen molar-refractivity contribution >= 4 is 38.9 Å². The van der Waals surface area contributed by atoms with Crippen LogP contribution in [0.3, 0.4) is 0 Å². The number of benzene rings is 3. The van der Waals surface area contributed by atoms with Gasteiger partial charge in [0.1, 0.15) is 10.8 Å². The van der Waals surface area contributed by atoms with Crippen LogP contribution < -0.4 is 4.74 Å². The molecule has 9 nitrogen and oxygen atoms in total. The standard InChI is InChI=1S/C20H11N3O6S/c24-20(13-8-14(22(25)26)11-15(9-13)23(27)28)29-16-5-3-4-12(10-16)19-21-17-6-1-2-7-18(17)30-19/h1-11H. The van der Waals surface area contributed by atoms with Gasteiger partial charge in [-0.15, -0.1) is 11.3 Å². The summed E-state index contributed by atoms with van der Waals surface area (Å²) in [7, 11) is 0. The van der Waals surface area contributed by atoms with Crippen LogP contribution in [0.5, 0.6) is 5.75 Å². The fraction of sp³-hybridized carbons (Fsp3) is 0. The number of nitro groups is 2. The molecule has 10 heteroatoms. The van der Waals surface area contributed by atoms with E-state index in [0.717, 1.165) is 39.0 Å². The van der Waals surface area contributed by atoms with Gasteiger partial charge in [0.15, 0.2) is 0 Å². The highest BCUT2D eigenvalue weighted by atomic mass is 32.1. The van der Waals surface area contributed by atoms with E-state index >= 15 is 0 Å². The Labute approximate surface area is 172 Å². The molecule has 4 aromatic rings. The largest absolute Gasteiger partial charge is 0.423 e. The number of non-ortho nitro benzene ring substituents is 2. The maximum Gasteiger partial charge on any atom is 0.344 e. The van der Waals surface area contributed by atoms with Gasteiger partial charge in [-0.3, -0.25) is 20.2 Å². The van der Waals surface area contributed by atoms with Gasteiger partial charge in [0.25, 0.3) is 11.4 Å². The molecule has 3 aromatic carbocycles. The smallest absolute Gasteiger partial charge is 0.344 e. The number of ether oxygens (including phenoxy) is 1. The normalized spacial score (nSPS) is 10.7. The number of nitrogens with zero attached hydrogens (tertiary/aromatic N) is 3. The molecule has 0 bridgehead atoms. The minimum Gasteiger partial charge on any atom is -0.423 e. The first kappa shape index (κ1) is 19.2. The molecule has 0 aliphatic carbocycles. The van der Waals surface area contributed by atoms with Gasteiger partial charge in [0.2, 0.25) is 0 Å². The Morgan fingerprint density at radius 2 is 1.60 bits per heavy atom. The number of esters is 1. The maximum atomic E-state index is 12.5. The first-order chi connectivity index (χ1) is 14.4. The topological polar surface area (TPSA) is 125 Å². The molecule has 0 aliphatic rings. The molecule has 0 saturated carbocycles. The van der Waals surface area contributed by atoms with Gasteiger partial charge in [0, 0.05) is 17.7 Å². The van der Waals surface area contributed by atoms with E-state index in [2.05, 4.69) is 4.98 Å². The average Bonchev–Trinajstić information content (AvgIpc) is 3.18. The van der Waals surface area contributed by atoms with Crippen LogP contribution in [0.15, 0.2) is 66.7 Å². The Bertz CT molecular complexity index is 1250. The lowest BCUT2D eigenvalue weighted by Crippen LogP contribution is -2.09. The molecule has 30 heavy (non-hydrogen) atoms. The highest BCUT2D eigenvalue weighted by molar-refractivity contribution is 7.21. The molecule has 0 N–H and O–H groups in total. The third-order valence-electron chi connectivity index (χ3n) is 4.15. The molecule has 0 spiro atoms. The van der Waals surface area contributed by atoms with Gasteiger partial charge < -0.3 is 4.74 Å². The van der Waals surface area contributed by atoms with Crippen molar-refractivity contribution < 1.29 is 19.4 Å². The quantitative estimate of drug-likeness (QED) is 0.192. The first-order valence-electron chi connectivity index (χ1n) is 8.53. The van der Waals surface area contributed by atoms with E-state index < -0.39 is 27.2 Å². The Hall–Kier alpha value is -4.18. The molecular formula is C20H11N3O6S. The summed E-state index contributed by atoms with van der Waals surface area (Å²) in [6.45, 7) is 0. The zero-order valence-electron chi connectivity index (χ0n) is 15.1. The van der Waals surface area contributed by atoms with Crippen LogP contribution in [-0.2, 0) is 0 Å². The van der Waals surface area contributed by atoms with Gasteiger partial charge >= 0.3 is 5.97 Å². The van der Waals surface area contributed by atoms with E-state index in [9.17, 15) is 25.0 Å². The average molecular weight is 421 g/mol. The number of nitro benzene ring substituents is 2. The van der Waals surface area contributed by atoms with E-state index in [1.165, 1.54) is 11.3 Å². The Morgan fingerprint density at radius 3 is 2.27 bits per heavy atom. The molecule has 0 amide bonds. The third-order valence-corrected chi connectivity index (χ3v) is 5.23. The monoisotopic (exact) mass is 421 g/mol. The van der Waals surface area contributed by atoms with Crippen molar-refractivity contribution in [1.29, 1.82) is 0 Å². The van der Waals surface area contributed by atoms with Gasteiger partial charge in [0.05, 0.1) is 31.7 Å². The third kappa shape index (κ3) is 3.84. The van der Waals surface area contributed by atoms with Gasteiger partial charge in [-0.05, 0) is 24.3 Å². The maximum absolute atomic E-state index is 12.5. The lowest BCUT2D eigenvalue weighted by Gasteiger charge is -2.06. The number of carbonyl (C=O) groups is 1. The summed E-state index contributed by atoms with van der Waals surface area (Å²) in [5.74, 6) is -0.755. The van der Waals surface area contributed by atoms with E-state index in [1.54, 1.807) is 18.2 Å². The van der Waals surface area contributed by atoms with Crippen molar-refractivity contribution in [2.45, 2.75) is 0 Å². The summed E-state index contributed by atoms with van der Waals surface area (Å²) in [5.41, 5.74) is 0.148. The van der Waals surface area contributed by atoms with Crippen LogP contribution in [0.25, 0.3) is 20.8 Å². The van der Waals surface area contributed by atoms with Gasteiger partial charge in [-0.2, -0.15) is 0 Å². The van der Waals surface area contributed by atoms with E-state index in [0.29, 0.717) is 0 Å². The molecule has 0 radical (unpaired) electrons. The molecule has 4 rings (SSSR count). The molecule has 0 aliphatic heterocycles. The summed E-state index contributed by atoms with van der Waals surface area (Å²) in [5, 5.41) is 22.8. The minimum absolute atomic E-state index is 0.186. The van der Waals surface area contributed by atoms with E-state index in [4.69, 9.17) is 4.74 Å². The van der Waals surface area contributed by atoms with Crippen molar-refractivity contribution in [1.82, 2.24) is 4.98 Å². The van der Waals surface area contributed by atoms with E-state index in [-0.39, 0.29) is 11.3 Å². The van der Waals surface area contributed by atoms with Gasteiger partial charge in [-0.1, -0.05) is 24.3 Å². The number of carbonyl (C=O) groups excluding carboxylic acids is 1. The molecule has 0 saturated heterocycles. The summed E-state index contributed by atoms with van der Waals surface area (Å²) in [4.78, 5) is 37.4. The van der Waals surface area contributed by atoms with Gasteiger partial charge in [-0.25, -0.2) is 9.78 Å². The number of hydrogen-bond donors (Lipinski definition) is 0. The fourth-order valence-electron chi connectivity index (χ4n) is 2.78. The number of rotatable bonds is 5. The highest BCUT2D eigenvalue weighted by Crippen LogP contribution is 2.32. The van der Waals surface area contributed by atoms with Crippen molar-refractivity contribution in [2.24, 2.45) is 0 Å². The number of aromatic nitrogens is 1. The highest BCUT2D eigenvalue weighted by Gasteiger charge is 2.21. The summed E-state index contributed by atoms with van der Waals surface area (Å²) >= 11 is 1.48. The Morgan fingerprint density at radius 1 is 0.900 bits per heavy atom. The van der Waals surface area contributed by atoms with E-state index in [1.807, 2.05) is 30.3 Å². The van der Waals surface area contributed by atoms with Crippen molar-refractivity contribution in [2.75, 3.05) is 0 Å². The van der Waals surface area contributed by atoms with Crippen LogP contribution in [0, 0.1) is 20.2 Å². The van der Waals surface area contributed by atoms with Crippen LogP contribution in [-0.4, -0.2) is 20.8 Å². The molecule has 1 aromatic heterocycles. The van der Waals surface area contributed by atoms with Crippen molar-refractivity contribution in [3.63, 3.8) is 0 Å². The molecule has 0 atom stereocenters. The first-order valence-corrected chi connectivity index (χ1v) is 9.34. The molecule has 1 heterocycles. The van der Waals surface area contributed by atoms with Crippen LogP contribution in [0.1, 0.15) is 10.4 Å². The lowest BCUT2D eigenvalue weighted by atomic mass is 10.1. The fourth-order valence-corrected chi connectivity index (χ4v) is 3.74.